The number of thioether (sulfide) groups is 1. The molecule has 0 aliphatic heterocycles. The SMILES string of the molecule is OC1c2c(cccc2SC(F)(F)F)CC1(F)F. The number of halogens is 5. The van der Waals surface area contributed by atoms with E-state index in [1.54, 1.807) is 0 Å². The topological polar surface area (TPSA) is 20.2 Å². The van der Waals surface area contributed by atoms with Gasteiger partial charge in [-0.05, 0) is 23.4 Å². The first-order chi connectivity index (χ1) is 7.71. The van der Waals surface area contributed by atoms with Gasteiger partial charge in [-0.1, -0.05) is 12.1 Å². The lowest BCUT2D eigenvalue weighted by Crippen LogP contribution is -2.21. The Morgan fingerprint density at radius 2 is 1.94 bits per heavy atom. The maximum absolute atomic E-state index is 13.2. The van der Waals surface area contributed by atoms with Gasteiger partial charge in [0.2, 0.25) is 0 Å². The van der Waals surface area contributed by atoms with E-state index in [4.69, 9.17) is 0 Å². The second-order valence-corrected chi connectivity index (χ2v) is 4.82. The van der Waals surface area contributed by atoms with Crippen LogP contribution in [0.15, 0.2) is 23.1 Å². The number of alkyl halides is 5. The summed E-state index contributed by atoms with van der Waals surface area (Å²) in [5, 5.41) is 9.36. The lowest BCUT2D eigenvalue weighted by atomic mass is 10.1. The smallest absolute Gasteiger partial charge is 0.382 e. The fourth-order valence-electron chi connectivity index (χ4n) is 1.83. The Kier molecular flexibility index (Phi) is 2.86. The third-order valence-electron chi connectivity index (χ3n) is 2.48. The highest BCUT2D eigenvalue weighted by atomic mass is 32.2. The summed E-state index contributed by atoms with van der Waals surface area (Å²) in [7, 11) is 0. The van der Waals surface area contributed by atoms with E-state index in [9.17, 15) is 27.1 Å². The predicted molar refractivity (Wildman–Crippen MR) is 52.0 cm³/mol. The van der Waals surface area contributed by atoms with Gasteiger partial charge < -0.3 is 5.11 Å². The van der Waals surface area contributed by atoms with Gasteiger partial charge in [-0.15, -0.1) is 0 Å². The second kappa shape index (κ2) is 3.84. The normalized spacial score (nSPS) is 22.6. The van der Waals surface area contributed by atoms with Gasteiger partial charge in [0, 0.05) is 16.9 Å². The van der Waals surface area contributed by atoms with Crippen molar-refractivity contribution in [2.45, 2.75) is 28.9 Å². The van der Waals surface area contributed by atoms with Crippen LogP contribution in [0.1, 0.15) is 17.2 Å². The molecular formula is C10H7F5OS. The third kappa shape index (κ3) is 2.40. The molecule has 1 aromatic carbocycles. The number of rotatable bonds is 1. The molecule has 0 radical (unpaired) electrons. The molecule has 0 heterocycles. The van der Waals surface area contributed by atoms with Gasteiger partial charge in [0.05, 0.1) is 0 Å². The van der Waals surface area contributed by atoms with Crippen LogP contribution in [0.3, 0.4) is 0 Å². The Bertz CT molecular complexity index is 443. The summed E-state index contributed by atoms with van der Waals surface area (Å²) >= 11 is -0.483. The van der Waals surface area contributed by atoms with Crippen LogP contribution in [0.25, 0.3) is 0 Å². The van der Waals surface area contributed by atoms with E-state index in [-0.39, 0.29) is 16.0 Å². The monoisotopic (exact) mass is 270 g/mol. The van der Waals surface area contributed by atoms with E-state index in [0.717, 1.165) is 6.07 Å². The molecule has 0 spiro atoms. The van der Waals surface area contributed by atoms with Gasteiger partial charge in [0.15, 0.2) is 0 Å². The first kappa shape index (κ1) is 12.6. The molecule has 0 saturated heterocycles. The van der Waals surface area contributed by atoms with Crippen molar-refractivity contribution in [3.8, 4) is 0 Å². The summed E-state index contributed by atoms with van der Waals surface area (Å²) in [6.07, 6.45) is -2.89. The van der Waals surface area contributed by atoms with Crippen molar-refractivity contribution in [2.24, 2.45) is 0 Å². The van der Waals surface area contributed by atoms with Crippen LogP contribution in [0.5, 0.6) is 0 Å². The van der Waals surface area contributed by atoms with E-state index < -0.39 is 35.7 Å². The van der Waals surface area contributed by atoms with E-state index in [0.29, 0.717) is 0 Å². The van der Waals surface area contributed by atoms with Crippen LogP contribution in [-0.4, -0.2) is 16.5 Å². The molecule has 0 aromatic heterocycles. The third-order valence-corrected chi connectivity index (χ3v) is 3.29. The molecule has 1 atom stereocenters. The highest BCUT2D eigenvalue weighted by Gasteiger charge is 2.48. The zero-order valence-electron chi connectivity index (χ0n) is 8.26. The molecule has 1 aliphatic carbocycles. The Balaban J connectivity index is 2.43. The number of aliphatic hydroxyl groups is 1. The first-order valence-corrected chi connectivity index (χ1v) is 5.46. The first-order valence-electron chi connectivity index (χ1n) is 4.64. The van der Waals surface area contributed by atoms with Crippen LogP contribution in [0.4, 0.5) is 22.0 Å². The maximum Gasteiger partial charge on any atom is 0.446 e. The Hall–Kier alpha value is -0.820. The molecule has 1 aliphatic rings. The average molecular weight is 270 g/mol. The number of aliphatic hydroxyl groups excluding tert-OH is 1. The average Bonchev–Trinajstić information content (AvgIpc) is 2.36. The molecule has 94 valence electrons. The van der Waals surface area contributed by atoms with E-state index in [2.05, 4.69) is 0 Å². The largest absolute Gasteiger partial charge is 0.446 e. The zero-order valence-corrected chi connectivity index (χ0v) is 9.08. The zero-order chi connectivity index (χ0) is 12.8. The van der Waals surface area contributed by atoms with E-state index >= 15 is 0 Å². The van der Waals surface area contributed by atoms with Crippen molar-refractivity contribution in [1.29, 1.82) is 0 Å². The van der Waals surface area contributed by atoms with Crippen molar-refractivity contribution in [3.05, 3.63) is 29.3 Å². The van der Waals surface area contributed by atoms with Gasteiger partial charge in [0.1, 0.15) is 6.10 Å². The number of hydrogen-bond donors (Lipinski definition) is 1. The van der Waals surface area contributed by atoms with Gasteiger partial charge in [-0.2, -0.15) is 13.2 Å². The lowest BCUT2D eigenvalue weighted by molar-refractivity contribution is -0.0976. The maximum atomic E-state index is 13.2. The number of benzene rings is 1. The molecule has 1 nitrogen and oxygen atoms in total. The molecule has 0 fully saturated rings. The van der Waals surface area contributed by atoms with Crippen LogP contribution in [0, 0.1) is 0 Å². The second-order valence-electron chi connectivity index (χ2n) is 3.72. The molecule has 1 N–H and O–H groups in total. The molecule has 1 aromatic rings. The minimum atomic E-state index is -4.56. The van der Waals surface area contributed by atoms with Crippen LogP contribution < -0.4 is 0 Å². The summed E-state index contributed by atoms with van der Waals surface area (Å²) in [6.45, 7) is 0. The Morgan fingerprint density at radius 3 is 2.53 bits per heavy atom. The fourth-order valence-corrected chi connectivity index (χ4v) is 2.58. The van der Waals surface area contributed by atoms with E-state index in [1.807, 2.05) is 0 Å². The highest BCUT2D eigenvalue weighted by molar-refractivity contribution is 8.00. The highest BCUT2D eigenvalue weighted by Crippen LogP contribution is 2.49. The molecule has 7 heteroatoms. The molecule has 17 heavy (non-hydrogen) atoms. The van der Waals surface area contributed by atoms with Gasteiger partial charge in [-0.3, -0.25) is 0 Å². The predicted octanol–water partition coefficient (Wildman–Crippen LogP) is 3.52. The molecule has 2 rings (SSSR count). The van der Waals surface area contributed by atoms with Crippen molar-refractivity contribution in [1.82, 2.24) is 0 Å². The standard InChI is InChI=1S/C10H7F5OS/c11-9(12)4-5-2-1-3-6(7(5)8(9)16)17-10(13,14)15/h1-3,8,16H,4H2. The van der Waals surface area contributed by atoms with Gasteiger partial charge >= 0.3 is 5.51 Å². The lowest BCUT2D eigenvalue weighted by Gasteiger charge is -2.16. The number of fused-ring (bicyclic) bond motifs is 1. The number of hydrogen-bond acceptors (Lipinski definition) is 2. The summed E-state index contributed by atoms with van der Waals surface area (Å²) in [5.74, 6) is -3.40. The van der Waals surface area contributed by atoms with Gasteiger partial charge in [-0.25, -0.2) is 8.78 Å². The van der Waals surface area contributed by atoms with Crippen molar-refractivity contribution in [2.75, 3.05) is 0 Å². The van der Waals surface area contributed by atoms with Crippen molar-refractivity contribution < 1.29 is 27.1 Å². The van der Waals surface area contributed by atoms with Crippen molar-refractivity contribution in [3.63, 3.8) is 0 Å². The minimum absolute atomic E-state index is 0.0664. The molecular weight excluding hydrogens is 263 g/mol. The summed E-state index contributed by atoms with van der Waals surface area (Å²) in [4.78, 5) is -0.361. The van der Waals surface area contributed by atoms with Crippen LogP contribution in [0.2, 0.25) is 0 Å². The Morgan fingerprint density at radius 1 is 1.29 bits per heavy atom. The Labute approximate surface area is 97.6 Å². The molecule has 1 unspecified atom stereocenters. The van der Waals surface area contributed by atoms with Crippen LogP contribution >= 0.6 is 11.8 Å². The van der Waals surface area contributed by atoms with Crippen molar-refractivity contribution >= 4 is 11.8 Å². The fraction of sp³-hybridized carbons (Fsp3) is 0.400. The van der Waals surface area contributed by atoms with Crippen LogP contribution in [-0.2, 0) is 6.42 Å². The summed E-state index contributed by atoms with van der Waals surface area (Å²) < 4.78 is 63.1. The molecule has 0 amide bonds. The molecule has 0 bridgehead atoms. The quantitative estimate of drug-likeness (QED) is 0.622. The van der Waals surface area contributed by atoms with E-state index in [1.165, 1.54) is 12.1 Å². The summed E-state index contributed by atoms with van der Waals surface area (Å²) in [5.41, 5.74) is -4.80. The minimum Gasteiger partial charge on any atom is -0.382 e. The summed E-state index contributed by atoms with van der Waals surface area (Å²) in [6, 6.07) is 3.67. The molecule has 0 saturated carbocycles. The van der Waals surface area contributed by atoms with Gasteiger partial charge in [0.25, 0.3) is 5.92 Å².